The van der Waals surface area contributed by atoms with Crippen molar-refractivity contribution in [2.75, 3.05) is 0 Å². The Bertz CT molecular complexity index is 378. The maximum atomic E-state index is 5.48. The Balaban J connectivity index is 2.38. The normalized spacial score (nSPS) is 11.0. The highest BCUT2D eigenvalue weighted by atomic mass is 32.1. The van der Waals surface area contributed by atoms with Crippen molar-refractivity contribution in [3.63, 3.8) is 0 Å². The lowest BCUT2D eigenvalue weighted by molar-refractivity contribution is 0.242. The second-order valence-electron chi connectivity index (χ2n) is 2.99. The summed E-state index contributed by atoms with van der Waals surface area (Å²) in [5.74, 6) is 0. The minimum atomic E-state index is 0.175. The molecule has 4 heteroatoms. The summed E-state index contributed by atoms with van der Waals surface area (Å²) in [6, 6.07) is 1.94. The second kappa shape index (κ2) is 3.30. The van der Waals surface area contributed by atoms with Crippen LogP contribution >= 0.6 is 11.3 Å². The molecule has 3 nitrogen and oxygen atoms in total. The summed E-state index contributed by atoms with van der Waals surface area (Å²) < 4.78 is 6.60. The average Bonchev–Trinajstić information content (AvgIpc) is 2.44. The third kappa shape index (κ3) is 1.78. The number of pyridine rings is 1. The van der Waals surface area contributed by atoms with Crippen LogP contribution < -0.4 is 4.74 Å². The first-order valence-corrected chi connectivity index (χ1v) is 4.94. The van der Waals surface area contributed by atoms with E-state index in [2.05, 4.69) is 9.97 Å². The number of thiazole rings is 1. The van der Waals surface area contributed by atoms with Gasteiger partial charge in [-0.15, -0.1) is 0 Å². The van der Waals surface area contributed by atoms with E-state index in [9.17, 15) is 0 Å². The topological polar surface area (TPSA) is 35.0 Å². The van der Waals surface area contributed by atoms with E-state index in [1.165, 1.54) is 0 Å². The van der Waals surface area contributed by atoms with Crippen molar-refractivity contribution in [1.29, 1.82) is 0 Å². The van der Waals surface area contributed by atoms with Crippen LogP contribution in [0, 0.1) is 0 Å². The van der Waals surface area contributed by atoms with Gasteiger partial charge in [0.2, 0.25) is 0 Å². The molecule has 0 aliphatic rings. The molecule has 68 valence electrons. The van der Waals surface area contributed by atoms with E-state index < -0.39 is 0 Å². The molecule has 0 fully saturated rings. The number of rotatable bonds is 2. The van der Waals surface area contributed by atoms with Crippen molar-refractivity contribution in [3.05, 3.63) is 18.5 Å². The SMILES string of the molecule is CC(C)Oc1nc2cnccc2s1. The maximum absolute atomic E-state index is 5.48. The van der Waals surface area contributed by atoms with Crippen molar-refractivity contribution in [1.82, 2.24) is 9.97 Å². The van der Waals surface area contributed by atoms with E-state index >= 15 is 0 Å². The molecule has 0 saturated carbocycles. The third-order valence-corrected chi connectivity index (χ3v) is 2.43. The molecule has 0 unspecified atom stereocenters. The van der Waals surface area contributed by atoms with Crippen LogP contribution in [0.1, 0.15) is 13.8 Å². The molecule has 0 amide bonds. The molecule has 0 aromatic carbocycles. The molecular formula is C9H10N2OS. The number of fused-ring (bicyclic) bond motifs is 1. The molecule has 2 heterocycles. The van der Waals surface area contributed by atoms with Gasteiger partial charge in [-0.25, -0.2) is 4.98 Å². The molecule has 2 aromatic heterocycles. The zero-order valence-electron chi connectivity index (χ0n) is 7.52. The van der Waals surface area contributed by atoms with Crippen molar-refractivity contribution in [2.45, 2.75) is 20.0 Å². The zero-order chi connectivity index (χ0) is 9.26. The van der Waals surface area contributed by atoms with Crippen LogP contribution in [0.5, 0.6) is 5.19 Å². The quantitative estimate of drug-likeness (QED) is 0.736. The van der Waals surface area contributed by atoms with Gasteiger partial charge < -0.3 is 4.74 Å². The van der Waals surface area contributed by atoms with E-state index in [1.54, 1.807) is 23.7 Å². The predicted octanol–water partition coefficient (Wildman–Crippen LogP) is 2.48. The first-order chi connectivity index (χ1) is 6.25. The maximum Gasteiger partial charge on any atom is 0.274 e. The molecule has 2 aromatic rings. The Morgan fingerprint density at radius 2 is 2.31 bits per heavy atom. The summed E-state index contributed by atoms with van der Waals surface area (Å²) in [5, 5.41) is 0.720. The first-order valence-electron chi connectivity index (χ1n) is 4.13. The molecular weight excluding hydrogens is 184 g/mol. The molecule has 0 aliphatic heterocycles. The summed E-state index contributed by atoms with van der Waals surface area (Å²) in [6.45, 7) is 3.98. The summed E-state index contributed by atoms with van der Waals surface area (Å²) in [6.07, 6.45) is 3.69. The number of nitrogens with zero attached hydrogens (tertiary/aromatic N) is 2. The lowest BCUT2D eigenvalue weighted by atomic mass is 10.5. The molecule has 0 aliphatic carbocycles. The van der Waals surface area contributed by atoms with Crippen LogP contribution in [0.25, 0.3) is 10.2 Å². The van der Waals surface area contributed by atoms with Crippen molar-refractivity contribution in [2.24, 2.45) is 0 Å². The van der Waals surface area contributed by atoms with Gasteiger partial charge in [0.1, 0.15) is 5.52 Å². The van der Waals surface area contributed by atoms with Gasteiger partial charge in [0.15, 0.2) is 0 Å². The molecule has 0 atom stereocenters. The fourth-order valence-corrected chi connectivity index (χ4v) is 1.92. The zero-order valence-corrected chi connectivity index (χ0v) is 8.34. The average molecular weight is 194 g/mol. The Morgan fingerprint density at radius 1 is 1.46 bits per heavy atom. The number of hydrogen-bond donors (Lipinski definition) is 0. The van der Waals surface area contributed by atoms with Gasteiger partial charge in [-0.05, 0) is 19.9 Å². The first kappa shape index (κ1) is 8.44. The monoisotopic (exact) mass is 194 g/mol. The number of ether oxygens (including phenoxy) is 1. The van der Waals surface area contributed by atoms with Crippen LogP contribution in [0.4, 0.5) is 0 Å². The molecule has 0 N–H and O–H groups in total. The van der Waals surface area contributed by atoms with Crippen molar-refractivity contribution in [3.8, 4) is 5.19 Å². The summed E-state index contributed by atoms with van der Waals surface area (Å²) in [7, 11) is 0. The minimum absolute atomic E-state index is 0.175. The highest BCUT2D eigenvalue weighted by Gasteiger charge is 2.05. The van der Waals surface area contributed by atoms with E-state index in [-0.39, 0.29) is 6.10 Å². The van der Waals surface area contributed by atoms with E-state index in [0.717, 1.165) is 15.4 Å². The van der Waals surface area contributed by atoms with Gasteiger partial charge in [0, 0.05) is 6.20 Å². The van der Waals surface area contributed by atoms with Gasteiger partial charge in [-0.2, -0.15) is 0 Å². The molecule has 0 radical (unpaired) electrons. The standard InChI is InChI=1S/C9H10N2OS/c1-6(2)12-9-11-7-5-10-4-3-8(7)13-9/h3-6H,1-2H3. The summed E-state index contributed by atoms with van der Waals surface area (Å²) in [4.78, 5) is 8.28. The fourth-order valence-electron chi connectivity index (χ4n) is 1.01. The Morgan fingerprint density at radius 3 is 3.00 bits per heavy atom. The van der Waals surface area contributed by atoms with E-state index in [0.29, 0.717) is 0 Å². The van der Waals surface area contributed by atoms with Gasteiger partial charge in [-0.3, -0.25) is 4.98 Å². The highest BCUT2D eigenvalue weighted by Crippen LogP contribution is 2.27. The van der Waals surface area contributed by atoms with Crippen molar-refractivity contribution < 1.29 is 4.74 Å². The Labute approximate surface area is 80.4 Å². The van der Waals surface area contributed by atoms with Crippen LogP contribution in [-0.2, 0) is 0 Å². The second-order valence-corrected chi connectivity index (χ2v) is 3.98. The van der Waals surface area contributed by atoms with Crippen molar-refractivity contribution >= 4 is 21.6 Å². The highest BCUT2D eigenvalue weighted by molar-refractivity contribution is 7.20. The molecule has 0 bridgehead atoms. The van der Waals surface area contributed by atoms with E-state index in [1.807, 2.05) is 19.9 Å². The van der Waals surface area contributed by atoms with Gasteiger partial charge in [0.05, 0.1) is 17.0 Å². The summed E-state index contributed by atoms with van der Waals surface area (Å²) >= 11 is 1.55. The van der Waals surface area contributed by atoms with Crippen LogP contribution in [0.3, 0.4) is 0 Å². The van der Waals surface area contributed by atoms with Gasteiger partial charge in [0.25, 0.3) is 5.19 Å². The van der Waals surface area contributed by atoms with Crippen LogP contribution in [0.2, 0.25) is 0 Å². The lowest BCUT2D eigenvalue weighted by Gasteiger charge is -2.03. The molecule has 13 heavy (non-hydrogen) atoms. The molecule has 0 spiro atoms. The van der Waals surface area contributed by atoms with Gasteiger partial charge in [-0.1, -0.05) is 11.3 Å². The molecule has 0 saturated heterocycles. The number of aromatic nitrogens is 2. The lowest BCUT2D eigenvalue weighted by Crippen LogP contribution is -2.04. The third-order valence-electron chi connectivity index (χ3n) is 1.51. The Hall–Kier alpha value is -1.16. The number of hydrogen-bond acceptors (Lipinski definition) is 4. The smallest absolute Gasteiger partial charge is 0.274 e. The summed E-state index contributed by atoms with van der Waals surface area (Å²) in [5.41, 5.74) is 0.906. The van der Waals surface area contributed by atoms with Crippen LogP contribution in [0.15, 0.2) is 18.5 Å². The molecule has 2 rings (SSSR count). The van der Waals surface area contributed by atoms with E-state index in [4.69, 9.17) is 4.74 Å². The van der Waals surface area contributed by atoms with Crippen LogP contribution in [-0.4, -0.2) is 16.1 Å². The Kier molecular flexibility index (Phi) is 2.14. The largest absolute Gasteiger partial charge is 0.467 e. The predicted molar refractivity (Wildman–Crippen MR) is 53.2 cm³/mol. The minimum Gasteiger partial charge on any atom is -0.467 e. The van der Waals surface area contributed by atoms with Gasteiger partial charge >= 0.3 is 0 Å². The fraction of sp³-hybridized carbons (Fsp3) is 0.333.